The van der Waals surface area contributed by atoms with Gasteiger partial charge in [-0.2, -0.15) is 0 Å². The SMILES string of the molecule is O=C(Cn1cnnn1)N1C[C@@H]2CNC[C@@H]2[C@@H]1c1ccccc1. The number of carbonyl (C=O) groups excluding carboxylic acids is 1. The normalized spacial score (nSPS) is 27.1. The Hall–Kier alpha value is -2.28. The number of rotatable bonds is 3. The number of nitrogens with one attached hydrogen (secondary N) is 1. The van der Waals surface area contributed by atoms with Crippen molar-refractivity contribution in [3.63, 3.8) is 0 Å². The highest BCUT2D eigenvalue weighted by Gasteiger charge is 2.46. The lowest BCUT2D eigenvalue weighted by molar-refractivity contribution is -0.133. The molecule has 0 radical (unpaired) electrons. The Kier molecular flexibility index (Phi) is 3.34. The van der Waals surface area contributed by atoms with Crippen molar-refractivity contribution >= 4 is 5.91 Å². The van der Waals surface area contributed by atoms with Gasteiger partial charge in [0.25, 0.3) is 0 Å². The van der Waals surface area contributed by atoms with Crippen molar-refractivity contribution in [1.29, 1.82) is 0 Å². The minimum atomic E-state index is 0.0792. The van der Waals surface area contributed by atoms with Gasteiger partial charge in [-0.15, -0.1) is 5.10 Å². The molecule has 2 saturated heterocycles. The van der Waals surface area contributed by atoms with Crippen LogP contribution < -0.4 is 5.32 Å². The van der Waals surface area contributed by atoms with Crippen molar-refractivity contribution in [2.75, 3.05) is 19.6 Å². The first-order valence-electron chi connectivity index (χ1n) is 7.59. The molecule has 7 heteroatoms. The van der Waals surface area contributed by atoms with Crippen molar-refractivity contribution in [3.05, 3.63) is 42.2 Å². The first-order valence-corrected chi connectivity index (χ1v) is 7.59. The topological polar surface area (TPSA) is 75.9 Å². The molecule has 0 aliphatic carbocycles. The van der Waals surface area contributed by atoms with E-state index in [1.165, 1.54) is 16.6 Å². The van der Waals surface area contributed by atoms with Crippen LogP contribution in [0.2, 0.25) is 0 Å². The summed E-state index contributed by atoms with van der Waals surface area (Å²) in [5.41, 5.74) is 1.21. The summed E-state index contributed by atoms with van der Waals surface area (Å²) in [7, 11) is 0. The first kappa shape index (κ1) is 13.4. The predicted molar refractivity (Wildman–Crippen MR) is 78.6 cm³/mol. The number of tetrazole rings is 1. The molecule has 1 N–H and O–H groups in total. The number of fused-ring (bicyclic) bond motifs is 1. The summed E-state index contributed by atoms with van der Waals surface area (Å²) in [6, 6.07) is 10.5. The molecule has 0 unspecified atom stereocenters. The van der Waals surface area contributed by atoms with Crippen molar-refractivity contribution in [1.82, 2.24) is 30.4 Å². The Balaban J connectivity index is 1.61. The van der Waals surface area contributed by atoms with Gasteiger partial charge in [0, 0.05) is 25.6 Å². The molecule has 22 heavy (non-hydrogen) atoms. The molecule has 114 valence electrons. The molecule has 3 heterocycles. The van der Waals surface area contributed by atoms with Gasteiger partial charge in [0.2, 0.25) is 5.91 Å². The Bertz CT molecular complexity index is 643. The van der Waals surface area contributed by atoms with Crippen molar-refractivity contribution in [2.45, 2.75) is 12.6 Å². The molecule has 2 fully saturated rings. The fourth-order valence-electron chi connectivity index (χ4n) is 3.74. The summed E-state index contributed by atoms with van der Waals surface area (Å²) in [6.07, 6.45) is 1.48. The zero-order valence-corrected chi connectivity index (χ0v) is 12.2. The molecule has 0 saturated carbocycles. The number of aromatic nitrogens is 4. The van der Waals surface area contributed by atoms with Crippen LogP contribution in [0.3, 0.4) is 0 Å². The van der Waals surface area contributed by atoms with Gasteiger partial charge in [0.1, 0.15) is 12.9 Å². The Morgan fingerprint density at radius 2 is 2.14 bits per heavy atom. The van der Waals surface area contributed by atoms with Gasteiger partial charge < -0.3 is 10.2 Å². The van der Waals surface area contributed by atoms with E-state index < -0.39 is 0 Å². The highest BCUT2D eigenvalue weighted by atomic mass is 16.2. The average molecular weight is 298 g/mol. The summed E-state index contributed by atoms with van der Waals surface area (Å²) in [4.78, 5) is 14.7. The van der Waals surface area contributed by atoms with Crippen LogP contribution in [0.5, 0.6) is 0 Å². The van der Waals surface area contributed by atoms with Crippen molar-refractivity contribution in [2.24, 2.45) is 11.8 Å². The molecule has 7 nitrogen and oxygen atoms in total. The molecular formula is C15H18N6O. The number of amides is 1. The van der Waals surface area contributed by atoms with Crippen molar-refractivity contribution in [3.8, 4) is 0 Å². The van der Waals surface area contributed by atoms with Crippen molar-refractivity contribution < 1.29 is 4.79 Å². The van der Waals surface area contributed by atoms with Gasteiger partial charge in [-0.3, -0.25) is 4.79 Å². The molecule has 1 amide bonds. The van der Waals surface area contributed by atoms with Crippen LogP contribution in [-0.4, -0.2) is 50.6 Å². The minimum absolute atomic E-state index is 0.0792. The second-order valence-corrected chi connectivity index (χ2v) is 5.99. The zero-order chi connectivity index (χ0) is 14.9. The summed E-state index contributed by atoms with van der Waals surface area (Å²) in [5.74, 6) is 1.10. The van der Waals surface area contributed by atoms with E-state index in [0.717, 1.165) is 19.6 Å². The third kappa shape index (κ3) is 2.27. The third-order valence-electron chi connectivity index (χ3n) is 4.71. The Morgan fingerprint density at radius 1 is 1.27 bits per heavy atom. The maximum atomic E-state index is 12.7. The van der Waals surface area contributed by atoms with E-state index in [1.807, 2.05) is 23.1 Å². The molecule has 4 rings (SSSR count). The fourth-order valence-corrected chi connectivity index (χ4v) is 3.74. The van der Waals surface area contributed by atoms with Crippen LogP contribution in [0.1, 0.15) is 11.6 Å². The van der Waals surface area contributed by atoms with E-state index in [4.69, 9.17) is 0 Å². The molecule has 1 aromatic heterocycles. The third-order valence-corrected chi connectivity index (χ3v) is 4.71. The number of hydrogen-bond donors (Lipinski definition) is 1. The second kappa shape index (κ2) is 5.49. The predicted octanol–water partition coefficient (Wildman–Crippen LogP) is 0.0922. The van der Waals surface area contributed by atoms with Gasteiger partial charge in [0.15, 0.2) is 0 Å². The van der Waals surface area contributed by atoms with Gasteiger partial charge in [-0.1, -0.05) is 30.3 Å². The average Bonchev–Trinajstić information content (AvgIpc) is 3.24. The highest BCUT2D eigenvalue weighted by Crippen LogP contribution is 2.42. The van der Waals surface area contributed by atoms with Gasteiger partial charge in [-0.05, 0) is 21.9 Å². The van der Waals surface area contributed by atoms with E-state index in [0.29, 0.717) is 11.8 Å². The van der Waals surface area contributed by atoms with Gasteiger partial charge in [0.05, 0.1) is 6.04 Å². The molecule has 2 aromatic rings. The van der Waals surface area contributed by atoms with Crippen LogP contribution >= 0.6 is 0 Å². The number of carbonyl (C=O) groups is 1. The number of nitrogens with zero attached hydrogens (tertiary/aromatic N) is 5. The van der Waals surface area contributed by atoms with Gasteiger partial charge >= 0.3 is 0 Å². The molecule has 2 aliphatic rings. The van der Waals surface area contributed by atoms with E-state index in [-0.39, 0.29) is 18.5 Å². The quantitative estimate of drug-likeness (QED) is 0.869. The minimum Gasteiger partial charge on any atom is -0.333 e. The number of likely N-dealkylation sites (tertiary alicyclic amines) is 1. The van der Waals surface area contributed by atoms with E-state index in [2.05, 4.69) is 33.0 Å². The lowest BCUT2D eigenvalue weighted by Gasteiger charge is -2.28. The summed E-state index contributed by atoms with van der Waals surface area (Å²) in [5, 5.41) is 14.4. The van der Waals surface area contributed by atoms with Crippen LogP contribution in [0.15, 0.2) is 36.7 Å². The first-order chi connectivity index (χ1) is 10.8. The molecule has 3 atom stereocenters. The summed E-state index contributed by atoms with van der Waals surface area (Å²) in [6.45, 7) is 2.96. The highest BCUT2D eigenvalue weighted by molar-refractivity contribution is 5.77. The van der Waals surface area contributed by atoms with Crippen LogP contribution in [0.25, 0.3) is 0 Å². The van der Waals surface area contributed by atoms with E-state index in [9.17, 15) is 4.79 Å². The molecular weight excluding hydrogens is 280 g/mol. The van der Waals surface area contributed by atoms with E-state index in [1.54, 1.807) is 0 Å². The maximum Gasteiger partial charge on any atom is 0.244 e. The van der Waals surface area contributed by atoms with Crippen LogP contribution in [-0.2, 0) is 11.3 Å². The Morgan fingerprint density at radius 3 is 2.91 bits per heavy atom. The lowest BCUT2D eigenvalue weighted by Crippen LogP contribution is -2.36. The summed E-state index contributed by atoms with van der Waals surface area (Å²) < 4.78 is 1.48. The zero-order valence-electron chi connectivity index (χ0n) is 12.2. The smallest absolute Gasteiger partial charge is 0.244 e. The van der Waals surface area contributed by atoms with Crippen LogP contribution in [0, 0.1) is 11.8 Å². The fraction of sp³-hybridized carbons (Fsp3) is 0.467. The van der Waals surface area contributed by atoms with Crippen LogP contribution in [0.4, 0.5) is 0 Å². The number of benzene rings is 1. The van der Waals surface area contributed by atoms with Gasteiger partial charge in [-0.25, -0.2) is 4.68 Å². The standard InChI is InChI=1S/C15H18N6O/c22-14(9-20-10-17-18-19-20)21-8-12-6-16-7-13(12)15(21)11-4-2-1-3-5-11/h1-5,10,12-13,15-16H,6-9H2/t12-,13-,15-/m0/s1. The number of hydrogen-bond acceptors (Lipinski definition) is 5. The molecule has 1 aromatic carbocycles. The second-order valence-electron chi connectivity index (χ2n) is 5.99. The summed E-state index contributed by atoms with van der Waals surface area (Å²) >= 11 is 0. The lowest BCUT2D eigenvalue weighted by atomic mass is 9.89. The Labute approximate surface area is 128 Å². The molecule has 0 bridgehead atoms. The van der Waals surface area contributed by atoms with E-state index >= 15 is 0 Å². The monoisotopic (exact) mass is 298 g/mol. The molecule has 0 spiro atoms. The maximum absolute atomic E-state index is 12.7. The molecule has 2 aliphatic heterocycles. The largest absolute Gasteiger partial charge is 0.333 e.